The Balaban J connectivity index is 2.22. The van der Waals surface area contributed by atoms with E-state index in [4.69, 9.17) is 0 Å². The Morgan fingerprint density at radius 2 is 2.07 bits per heavy atom. The van der Waals surface area contributed by atoms with E-state index in [1.807, 2.05) is 36.4 Å². The topological polar surface area (TPSA) is 41.5 Å². The summed E-state index contributed by atoms with van der Waals surface area (Å²) < 4.78 is 0. The van der Waals surface area contributed by atoms with E-state index in [-0.39, 0.29) is 5.91 Å². The second-order valence-electron chi connectivity index (χ2n) is 3.32. The monoisotopic (exact) mass is 200 g/mol. The van der Waals surface area contributed by atoms with Crippen LogP contribution in [0.1, 0.15) is 5.56 Å². The Morgan fingerprint density at radius 3 is 2.73 bits per heavy atom. The first-order valence-corrected chi connectivity index (χ1v) is 4.84. The molecule has 1 aromatic rings. The molecule has 0 bridgehead atoms. The third kappa shape index (κ3) is 1.96. The Hall–Kier alpha value is -1.90. The molecule has 1 N–H and O–H groups in total. The lowest BCUT2D eigenvalue weighted by molar-refractivity contribution is -0.117. The summed E-state index contributed by atoms with van der Waals surface area (Å²) in [4.78, 5) is 15.7. The molecule has 0 saturated heterocycles. The van der Waals surface area contributed by atoms with Gasteiger partial charge in [-0.1, -0.05) is 30.3 Å². The SMILES string of the molecule is CNC(=O)C1=CC(c2ccccc2)=NC1. The highest BCUT2D eigenvalue weighted by atomic mass is 16.1. The number of nitrogens with zero attached hydrogens (tertiary/aromatic N) is 1. The van der Waals surface area contributed by atoms with Crippen LogP contribution in [0.15, 0.2) is 47.0 Å². The highest BCUT2D eigenvalue weighted by molar-refractivity contribution is 6.15. The summed E-state index contributed by atoms with van der Waals surface area (Å²) in [6, 6.07) is 9.86. The summed E-state index contributed by atoms with van der Waals surface area (Å²) in [5.74, 6) is -0.0512. The number of nitrogens with one attached hydrogen (secondary N) is 1. The van der Waals surface area contributed by atoms with Crippen LogP contribution in [0.2, 0.25) is 0 Å². The van der Waals surface area contributed by atoms with E-state index in [2.05, 4.69) is 10.3 Å². The fraction of sp³-hybridized carbons (Fsp3) is 0.167. The van der Waals surface area contributed by atoms with Crippen LogP contribution in [-0.4, -0.2) is 25.2 Å². The zero-order valence-corrected chi connectivity index (χ0v) is 8.53. The highest BCUT2D eigenvalue weighted by Crippen LogP contribution is 2.12. The van der Waals surface area contributed by atoms with Crippen molar-refractivity contribution < 1.29 is 4.79 Å². The van der Waals surface area contributed by atoms with Gasteiger partial charge in [0.15, 0.2) is 0 Å². The number of carbonyl (C=O) groups excluding carboxylic acids is 1. The zero-order valence-electron chi connectivity index (χ0n) is 8.53. The molecular formula is C12H12N2O. The second kappa shape index (κ2) is 4.09. The molecule has 0 atom stereocenters. The van der Waals surface area contributed by atoms with Crippen molar-refractivity contribution in [3.8, 4) is 0 Å². The first kappa shape index (κ1) is 9.65. The number of likely N-dealkylation sites (N-methyl/N-ethyl adjacent to an activating group) is 1. The summed E-state index contributed by atoms with van der Waals surface area (Å²) in [5, 5.41) is 2.60. The maximum Gasteiger partial charge on any atom is 0.248 e. The van der Waals surface area contributed by atoms with Gasteiger partial charge < -0.3 is 5.32 Å². The smallest absolute Gasteiger partial charge is 0.248 e. The number of amides is 1. The van der Waals surface area contributed by atoms with E-state index in [9.17, 15) is 4.79 Å². The molecule has 0 aliphatic carbocycles. The molecule has 0 aromatic heterocycles. The molecule has 3 heteroatoms. The molecule has 3 nitrogen and oxygen atoms in total. The molecule has 1 aliphatic rings. The molecule has 0 fully saturated rings. The van der Waals surface area contributed by atoms with E-state index in [1.165, 1.54) is 0 Å². The number of rotatable bonds is 2. The lowest BCUT2D eigenvalue weighted by Gasteiger charge is -1.96. The van der Waals surface area contributed by atoms with E-state index in [0.717, 1.165) is 16.8 Å². The van der Waals surface area contributed by atoms with Gasteiger partial charge in [0.05, 0.1) is 12.3 Å². The molecule has 1 aromatic carbocycles. The second-order valence-corrected chi connectivity index (χ2v) is 3.32. The van der Waals surface area contributed by atoms with Gasteiger partial charge in [0.25, 0.3) is 0 Å². The van der Waals surface area contributed by atoms with Crippen molar-refractivity contribution >= 4 is 11.6 Å². The van der Waals surface area contributed by atoms with Gasteiger partial charge in [0.2, 0.25) is 5.91 Å². The summed E-state index contributed by atoms with van der Waals surface area (Å²) in [7, 11) is 1.63. The largest absolute Gasteiger partial charge is 0.355 e. The highest BCUT2D eigenvalue weighted by Gasteiger charge is 2.14. The normalized spacial score (nSPS) is 14.5. The van der Waals surface area contributed by atoms with Crippen LogP contribution >= 0.6 is 0 Å². The molecule has 0 unspecified atom stereocenters. The van der Waals surface area contributed by atoms with Crippen LogP contribution in [0.5, 0.6) is 0 Å². The molecule has 1 heterocycles. The van der Waals surface area contributed by atoms with Crippen molar-refractivity contribution in [3.63, 3.8) is 0 Å². The van der Waals surface area contributed by atoms with Crippen LogP contribution in [0.3, 0.4) is 0 Å². The van der Waals surface area contributed by atoms with Crippen molar-refractivity contribution in [1.82, 2.24) is 5.32 Å². The Labute approximate surface area is 88.5 Å². The van der Waals surface area contributed by atoms with E-state index in [0.29, 0.717) is 6.54 Å². The molecule has 0 spiro atoms. The van der Waals surface area contributed by atoms with Crippen LogP contribution in [0.25, 0.3) is 0 Å². The molecule has 76 valence electrons. The third-order valence-electron chi connectivity index (χ3n) is 2.32. The fourth-order valence-corrected chi connectivity index (χ4v) is 1.51. The third-order valence-corrected chi connectivity index (χ3v) is 2.32. The predicted octanol–water partition coefficient (Wildman–Crippen LogP) is 1.16. The van der Waals surface area contributed by atoms with Crippen LogP contribution in [-0.2, 0) is 4.79 Å². The van der Waals surface area contributed by atoms with E-state index in [1.54, 1.807) is 7.05 Å². The summed E-state index contributed by atoms with van der Waals surface area (Å²) in [5.41, 5.74) is 2.65. The maximum absolute atomic E-state index is 11.3. The van der Waals surface area contributed by atoms with Gasteiger partial charge in [-0.15, -0.1) is 0 Å². The number of carbonyl (C=O) groups is 1. The average Bonchev–Trinajstić information content (AvgIpc) is 2.78. The van der Waals surface area contributed by atoms with Crippen LogP contribution in [0, 0.1) is 0 Å². The Morgan fingerprint density at radius 1 is 1.33 bits per heavy atom. The van der Waals surface area contributed by atoms with Crippen molar-refractivity contribution in [2.24, 2.45) is 4.99 Å². The van der Waals surface area contributed by atoms with E-state index >= 15 is 0 Å². The lowest BCUT2D eigenvalue weighted by Crippen LogP contribution is -2.20. The lowest BCUT2D eigenvalue weighted by atomic mass is 10.1. The summed E-state index contributed by atoms with van der Waals surface area (Å²) in [6.45, 7) is 0.476. The molecular weight excluding hydrogens is 188 g/mol. The summed E-state index contributed by atoms with van der Waals surface area (Å²) >= 11 is 0. The number of benzene rings is 1. The number of allylic oxidation sites excluding steroid dienone is 1. The molecule has 0 radical (unpaired) electrons. The number of hydrogen-bond acceptors (Lipinski definition) is 2. The first-order chi connectivity index (χ1) is 7.31. The van der Waals surface area contributed by atoms with Crippen molar-refractivity contribution in [1.29, 1.82) is 0 Å². The first-order valence-electron chi connectivity index (χ1n) is 4.84. The van der Waals surface area contributed by atoms with Crippen molar-refractivity contribution in [3.05, 3.63) is 47.5 Å². The number of hydrogen-bond donors (Lipinski definition) is 1. The maximum atomic E-state index is 11.3. The van der Waals surface area contributed by atoms with E-state index < -0.39 is 0 Å². The predicted molar refractivity (Wildman–Crippen MR) is 60.0 cm³/mol. The minimum Gasteiger partial charge on any atom is -0.355 e. The molecule has 1 amide bonds. The molecule has 2 rings (SSSR count). The summed E-state index contributed by atoms with van der Waals surface area (Å²) in [6.07, 6.45) is 1.84. The zero-order chi connectivity index (χ0) is 10.7. The standard InChI is InChI=1S/C12H12N2O/c1-13-12(15)10-7-11(14-8-10)9-5-3-2-4-6-9/h2-7H,8H2,1H3,(H,13,15). The van der Waals surface area contributed by atoms with Crippen LogP contribution in [0.4, 0.5) is 0 Å². The molecule has 15 heavy (non-hydrogen) atoms. The molecule has 1 aliphatic heterocycles. The number of aliphatic imine (C=N–C) groups is 1. The van der Waals surface area contributed by atoms with Gasteiger partial charge in [-0.05, 0) is 11.6 Å². The van der Waals surface area contributed by atoms with Gasteiger partial charge in [-0.3, -0.25) is 9.79 Å². The Bertz CT molecular complexity index is 432. The van der Waals surface area contributed by atoms with Gasteiger partial charge >= 0.3 is 0 Å². The fourth-order valence-electron chi connectivity index (χ4n) is 1.51. The quantitative estimate of drug-likeness (QED) is 0.764. The molecule has 0 saturated carbocycles. The van der Waals surface area contributed by atoms with Gasteiger partial charge in [0.1, 0.15) is 0 Å². The Kier molecular flexibility index (Phi) is 2.63. The van der Waals surface area contributed by atoms with Crippen molar-refractivity contribution in [2.75, 3.05) is 13.6 Å². The van der Waals surface area contributed by atoms with Crippen molar-refractivity contribution in [2.45, 2.75) is 0 Å². The average molecular weight is 200 g/mol. The van der Waals surface area contributed by atoms with Gasteiger partial charge in [0, 0.05) is 12.6 Å². The van der Waals surface area contributed by atoms with Crippen LogP contribution < -0.4 is 5.32 Å². The van der Waals surface area contributed by atoms with Gasteiger partial charge in [-0.2, -0.15) is 0 Å². The van der Waals surface area contributed by atoms with Gasteiger partial charge in [-0.25, -0.2) is 0 Å². The minimum atomic E-state index is -0.0512. The minimum absolute atomic E-state index is 0.0512.